The van der Waals surface area contributed by atoms with Crippen molar-refractivity contribution in [1.29, 1.82) is 0 Å². The van der Waals surface area contributed by atoms with Gasteiger partial charge in [-0.05, 0) is 30.2 Å². The first kappa shape index (κ1) is 18.4. The number of carbonyl (C=O) groups excluding carboxylic acids is 1. The van der Waals surface area contributed by atoms with Gasteiger partial charge in [0.1, 0.15) is 12.7 Å². The van der Waals surface area contributed by atoms with Gasteiger partial charge in [-0.15, -0.1) is 11.3 Å². The second kappa shape index (κ2) is 8.82. The molecule has 0 saturated heterocycles. The molecule has 0 spiro atoms. The van der Waals surface area contributed by atoms with E-state index in [9.17, 15) is 4.79 Å². The van der Waals surface area contributed by atoms with E-state index in [1.165, 1.54) is 17.7 Å². The Labute approximate surface area is 161 Å². The first-order valence-electron chi connectivity index (χ1n) is 8.31. The fourth-order valence-corrected chi connectivity index (χ4v) is 3.61. The molecule has 2 amide bonds. The number of benzene rings is 1. The van der Waals surface area contributed by atoms with Crippen molar-refractivity contribution in [3.8, 4) is 0 Å². The highest BCUT2D eigenvalue weighted by atomic mass is 35.5. The summed E-state index contributed by atoms with van der Waals surface area (Å²) in [5, 5.41) is 7.07. The summed E-state index contributed by atoms with van der Waals surface area (Å²) < 4.78 is 2.51. The zero-order valence-corrected chi connectivity index (χ0v) is 16.0. The highest BCUT2D eigenvalue weighted by molar-refractivity contribution is 7.16. The van der Waals surface area contributed by atoms with Gasteiger partial charge in [0.15, 0.2) is 0 Å². The van der Waals surface area contributed by atoms with Crippen LogP contribution in [0, 0.1) is 0 Å². The van der Waals surface area contributed by atoms with Gasteiger partial charge in [-0.25, -0.2) is 14.5 Å². The number of rotatable bonds is 7. The van der Waals surface area contributed by atoms with Crippen LogP contribution in [0.1, 0.15) is 22.9 Å². The lowest BCUT2D eigenvalue weighted by Gasteiger charge is -2.20. The Morgan fingerprint density at radius 3 is 2.62 bits per heavy atom. The molecular weight excluding hydrogens is 370 g/mol. The number of carbonyl (C=O) groups is 1. The second-order valence-electron chi connectivity index (χ2n) is 5.79. The summed E-state index contributed by atoms with van der Waals surface area (Å²) in [5.41, 5.74) is 2.19. The van der Waals surface area contributed by atoms with Crippen LogP contribution < -0.4 is 5.32 Å². The molecule has 26 heavy (non-hydrogen) atoms. The van der Waals surface area contributed by atoms with Crippen molar-refractivity contribution in [2.24, 2.45) is 0 Å². The van der Waals surface area contributed by atoms with Crippen LogP contribution in [-0.4, -0.2) is 32.2 Å². The normalized spacial score (nSPS) is 10.7. The molecule has 0 aliphatic rings. The van der Waals surface area contributed by atoms with E-state index in [0.717, 1.165) is 20.3 Å². The van der Waals surface area contributed by atoms with Gasteiger partial charge in [0, 0.05) is 18.0 Å². The van der Waals surface area contributed by atoms with E-state index in [4.69, 9.17) is 11.6 Å². The van der Waals surface area contributed by atoms with E-state index < -0.39 is 0 Å². The number of amides is 2. The summed E-state index contributed by atoms with van der Waals surface area (Å²) in [6, 6.07) is 11.8. The van der Waals surface area contributed by atoms with Crippen LogP contribution in [-0.2, 0) is 19.6 Å². The Kier molecular flexibility index (Phi) is 6.25. The van der Waals surface area contributed by atoms with Crippen LogP contribution >= 0.6 is 22.9 Å². The smallest absolute Gasteiger partial charge is 0.317 e. The molecule has 0 fully saturated rings. The molecule has 3 aromatic rings. The Hall–Kier alpha value is -2.38. The lowest BCUT2D eigenvalue weighted by Crippen LogP contribution is -2.38. The van der Waals surface area contributed by atoms with Crippen molar-refractivity contribution in [2.45, 2.75) is 26.6 Å². The summed E-state index contributed by atoms with van der Waals surface area (Å²) in [7, 11) is 0. The number of hydrogen-bond donors (Lipinski definition) is 1. The monoisotopic (exact) mass is 389 g/mol. The zero-order valence-electron chi connectivity index (χ0n) is 14.4. The minimum atomic E-state index is -0.0799. The van der Waals surface area contributed by atoms with Gasteiger partial charge >= 0.3 is 6.03 Å². The van der Waals surface area contributed by atoms with Gasteiger partial charge in [-0.3, -0.25) is 0 Å². The highest BCUT2D eigenvalue weighted by Gasteiger charge is 2.12. The fraction of sp³-hybridized carbons (Fsp3) is 0.278. The van der Waals surface area contributed by atoms with Gasteiger partial charge in [0.25, 0.3) is 0 Å². The van der Waals surface area contributed by atoms with Crippen LogP contribution in [0.15, 0.2) is 49.1 Å². The molecule has 0 aliphatic heterocycles. The molecule has 0 atom stereocenters. The van der Waals surface area contributed by atoms with E-state index in [-0.39, 0.29) is 6.03 Å². The molecule has 0 bridgehead atoms. The van der Waals surface area contributed by atoms with Crippen molar-refractivity contribution in [3.63, 3.8) is 0 Å². The number of urea groups is 1. The standard InChI is InChI=1S/C18H20ClN5OS/c1-2-23(11-16-7-8-17(19)26-16)18(25)21-9-14-3-5-15(6-4-14)10-24-13-20-12-22-24/h3-8,12-13H,2,9-11H2,1H3,(H,21,25). The van der Waals surface area contributed by atoms with Crippen molar-refractivity contribution in [1.82, 2.24) is 25.0 Å². The molecule has 2 aromatic heterocycles. The summed E-state index contributed by atoms with van der Waals surface area (Å²) in [5.74, 6) is 0. The number of nitrogens with zero attached hydrogens (tertiary/aromatic N) is 4. The Morgan fingerprint density at radius 1 is 1.23 bits per heavy atom. The molecule has 8 heteroatoms. The molecule has 136 valence electrons. The third-order valence-electron chi connectivity index (χ3n) is 3.92. The summed E-state index contributed by atoms with van der Waals surface area (Å²) in [6.07, 6.45) is 3.21. The Balaban J connectivity index is 1.51. The molecular formula is C18H20ClN5OS. The molecule has 0 unspecified atom stereocenters. The lowest BCUT2D eigenvalue weighted by atomic mass is 10.1. The number of hydrogen-bond acceptors (Lipinski definition) is 4. The zero-order chi connectivity index (χ0) is 18.4. The minimum absolute atomic E-state index is 0.0799. The number of thiophene rings is 1. The highest BCUT2D eigenvalue weighted by Crippen LogP contribution is 2.22. The quantitative estimate of drug-likeness (QED) is 0.669. The third kappa shape index (κ3) is 5.06. The summed E-state index contributed by atoms with van der Waals surface area (Å²) in [6.45, 7) is 4.34. The van der Waals surface area contributed by atoms with E-state index >= 15 is 0 Å². The van der Waals surface area contributed by atoms with E-state index in [1.807, 2.05) is 43.3 Å². The van der Waals surface area contributed by atoms with Crippen LogP contribution in [0.5, 0.6) is 0 Å². The molecule has 1 aromatic carbocycles. The van der Waals surface area contributed by atoms with Crippen molar-refractivity contribution >= 4 is 29.0 Å². The van der Waals surface area contributed by atoms with E-state index in [0.29, 0.717) is 26.2 Å². The average molecular weight is 390 g/mol. The van der Waals surface area contributed by atoms with E-state index in [2.05, 4.69) is 15.4 Å². The fourth-order valence-electron chi connectivity index (χ4n) is 2.51. The predicted octanol–water partition coefficient (Wildman–Crippen LogP) is 3.77. The largest absolute Gasteiger partial charge is 0.334 e. The van der Waals surface area contributed by atoms with Gasteiger partial charge in [-0.1, -0.05) is 35.9 Å². The molecule has 2 heterocycles. The first-order valence-corrected chi connectivity index (χ1v) is 9.50. The van der Waals surface area contributed by atoms with Gasteiger partial charge in [-0.2, -0.15) is 5.10 Å². The molecule has 6 nitrogen and oxygen atoms in total. The maximum absolute atomic E-state index is 12.4. The van der Waals surface area contributed by atoms with Crippen molar-refractivity contribution < 1.29 is 4.79 Å². The van der Waals surface area contributed by atoms with E-state index in [1.54, 1.807) is 15.9 Å². The molecule has 1 N–H and O–H groups in total. The van der Waals surface area contributed by atoms with Crippen LogP contribution in [0.3, 0.4) is 0 Å². The third-order valence-corrected chi connectivity index (χ3v) is 5.14. The number of aromatic nitrogens is 3. The van der Waals surface area contributed by atoms with Crippen molar-refractivity contribution in [2.75, 3.05) is 6.54 Å². The average Bonchev–Trinajstić information content (AvgIpc) is 3.30. The maximum atomic E-state index is 12.4. The molecule has 0 aliphatic carbocycles. The predicted molar refractivity (Wildman–Crippen MR) is 103 cm³/mol. The lowest BCUT2D eigenvalue weighted by molar-refractivity contribution is 0.198. The first-order chi connectivity index (χ1) is 12.6. The second-order valence-corrected chi connectivity index (χ2v) is 7.59. The van der Waals surface area contributed by atoms with Gasteiger partial charge in [0.05, 0.1) is 17.4 Å². The number of halogens is 1. The molecule has 0 saturated carbocycles. The Morgan fingerprint density at radius 2 is 2.00 bits per heavy atom. The maximum Gasteiger partial charge on any atom is 0.317 e. The van der Waals surface area contributed by atoms with Gasteiger partial charge in [0.2, 0.25) is 0 Å². The SMILES string of the molecule is CCN(Cc1ccc(Cl)s1)C(=O)NCc1ccc(Cn2cncn2)cc1. The summed E-state index contributed by atoms with van der Waals surface area (Å²) >= 11 is 7.45. The van der Waals surface area contributed by atoms with Gasteiger partial charge < -0.3 is 10.2 Å². The van der Waals surface area contributed by atoms with Crippen molar-refractivity contribution in [3.05, 3.63) is 69.4 Å². The van der Waals surface area contributed by atoms with Crippen LogP contribution in [0.2, 0.25) is 4.34 Å². The molecule has 0 radical (unpaired) electrons. The number of nitrogens with one attached hydrogen (secondary N) is 1. The Bertz CT molecular complexity index is 832. The van der Waals surface area contributed by atoms with Crippen LogP contribution in [0.4, 0.5) is 4.79 Å². The molecule has 3 rings (SSSR count). The minimum Gasteiger partial charge on any atom is -0.334 e. The topological polar surface area (TPSA) is 63.1 Å². The summed E-state index contributed by atoms with van der Waals surface area (Å²) in [4.78, 5) is 19.2. The van der Waals surface area contributed by atoms with Crippen LogP contribution in [0.25, 0.3) is 0 Å².